The van der Waals surface area contributed by atoms with E-state index in [0.717, 1.165) is 44.9 Å². The summed E-state index contributed by atoms with van der Waals surface area (Å²) < 4.78 is 15.8. The van der Waals surface area contributed by atoms with Crippen molar-refractivity contribution < 1.29 is 2.74 Å². The van der Waals surface area contributed by atoms with Crippen molar-refractivity contribution >= 4 is 44.9 Å². The number of hydrogen-bond donors (Lipinski definition) is 0. The molecule has 0 atom stereocenters. The summed E-state index contributed by atoms with van der Waals surface area (Å²) in [7, 11) is 0. The maximum absolute atomic E-state index is 7.91. The summed E-state index contributed by atoms with van der Waals surface area (Å²) in [6.45, 7) is 0. The number of hydrogen-bond acceptors (Lipinski definition) is 2. The Balaban J connectivity index is 1.44. The van der Waals surface area contributed by atoms with E-state index in [-0.39, 0.29) is 0 Å². The van der Waals surface area contributed by atoms with Crippen molar-refractivity contribution in [2.75, 3.05) is 9.80 Å². The minimum atomic E-state index is 0.494. The molecule has 0 aliphatic rings. The van der Waals surface area contributed by atoms with Gasteiger partial charge in [-0.2, -0.15) is 0 Å². The second-order valence-electron chi connectivity index (χ2n) is 8.57. The van der Waals surface area contributed by atoms with Gasteiger partial charge in [-0.1, -0.05) is 84.9 Å². The molecule has 172 valence electrons. The SMILES string of the molecule is [3H]c1ccc(N(c2ccccc2)c2ccc3cc(N(c4ccccc4)c4ccc([3H])cc4)ccc3c2)cc1. The highest BCUT2D eigenvalue weighted by molar-refractivity contribution is 5.93. The second-order valence-corrected chi connectivity index (χ2v) is 8.57. The first-order valence-corrected chi connectivity index (χ1v) is 12.0. The Labute approximate surface area is 215 Å². The average molecular weight is 467 g/mol. The molecular formula is C34H26N2. The van der Waals surface area contributed by atoms with Gasteiger partial charge in [-0.05, 0) is 83.6 Å². The summed E-state index contributed by atoms with van der Waals surface area (Å²) in [6.07, 6.45) is 0. The molecule has 36 heavy (non-hydrogen) atoms. The number of rotatable bonds is 6. The van der Waals surface area contributed by atoms with Crippen LogP contribution in [0.25, 0.3) is 10.8 Å². The van der Waals surface area contributed by atoms with E-state index in [1.165, 1.54) is 0 Å². The van der Waals surface area contributed by atoms with Crippen LogP contribution in [0.5, 0.6) is 0 Å². The van der Waals surface area contributed by atoms with E-state index in [0.29, 0.717) is 12.1 Å². The molecule has 0 aromatic heterocycles. The van der Waals surface area contributed by atoms with Gasteiger partial charge in [0, 0.05) is 34.1 Å². The third kappa shape index (κ3) is 4.33. The summed E-state index contributed by atoms with van der Waals surface area (Å²) >= 11 is 0. The van der Waals surface area contributed by atoms with Gasteiger partial charge in [0.1, 0.15) is 0 Å². The Morgan fingerprint density at radius 1 is 0.333 bits per heavy atom. The molecule has 0 saturated carbocycles. The predicted molar refractivity (Wildman–Crippen MR) is 153 cm³/mol. The molecule has 6 aromatic carbocycles. The zero-order chi connectivity index (χ0) is 25.9. The Kier molecular flexibility index (Phi) is 5.31. The third-order valence-corrected chi connectivity index (χ3v) is 6.27. The maximum atomic E-state index is 7.91. The van der Waals surface area contributed by atoms with Gasteiger partial charge < -0.3 is 9.80 Å². The average Bonchev–Trinajstić information content (AvgIpc) is 2.96. The molecule has 2 heteroatoms. The lowest BCUT2D eigenvalue weighted by atomic mass is 10.1. The van der Waals surface area contributed by atoms with Gasteiger partial charge in [-0.25, -0.2) is 0 Å². The highest BCUT2D eigenvalue weighted by Gasteiger charge is 2.15. The van der Waals surface area contributed by atoms with Gasteiger partial charge >= 0.3 is 0 Å². The first-order chi connectivity index (χ1) is 18.7. The normalized spacial score (nSPS) is 11.6. The number of anilines is 6. The molecule has 0 unspecified atom stereocenters. The first kappa shape index (κ1) is 19.5. The van der Waals surface area contributed by atoms with Crippen LogP contribution in [0.15, 0.2) is 158 Å². The van der Waals surface area contributed by atoms with Crippen LogP contribution in [0.3, 0.4) is 0 Å². The van der Waals surface area contributed by atoms with Crippen molar-refractivity contribution in [1.29, 1.82) is 0 Å². The standard InChI is InChI=1S/C34H26N2/c1-5-13-29(14-6-1)35(30-15-7-2-8-16-30)33-23-21-28-26-34(24-22-27(28)25-33)36(31-17-9-3-10-18-31)32-19-11-4-12-20-32/h1-26H/i1T,3T. The molecule has 0 spiro atoms. The minimum absolute atomic E-state index is 0.494. The van der Waals surface area contributed by atoms with Gasteiger partial charge in [0.05, 0.1) is 2.74 Å². The van der Waals surface area contributed by atoms with Gasteiger partial charge in [0.15, 0.2) is 0 Å². The zero-order valence-corrected chi connectivity index (χ0v) is 19.8. The number of fused-ring (bicyclic) bond motifs is 1. The number of nitrogens with zero attached hydrogens (tertiary/aromatic N) is 2. The Morgan fingerprint density at radius 3 is 1.03 bits per heavy atom. The summed E-state index contributed by atoms with van der Waals surface area (Å²) in [5.74, 6) is 0. The second kappa shape index (κ2) is 9.81. The smallest absolute Gasteiger partial charge is 0.0623 e. The Bertz CT molecular complexity index is 1540. The molecule has 0 aliphatic carbocycles. The minimum Gasteiger partial charge on any atom is -0.310 e. The first-order valence-electron chi connectivity index (χ1n) is 13.0. The fourth-order valence-electron chi connectivity index (χ4n) is 4.60. The van der Waals surface area contributed by atoms with Crippen LogP contribution in [-0.2, 0) is 0 Å². The molecule has 0 N–H and O–H groups in total. The van der Waals surface area contributed by atoms with Crippen molar-refractivity contribution in [1.82, 2.24) is 0 Å². The lowest BCUT2D eigenvalue weighted by Crippen LogP contribution is -2.10. The highest BCUT2D eigenvalue weighted by atomic mass is 15.1. The van der Waals surface area contributed by atoms with Crippen molar-refractivity contribution in [3.05, 3.63) is 158 Å². The largest absolute Gasteiger partial charge is 0.310 e. The topological polar surface area (TPSA) is 6.48 Å². The number of benzene rings is 6. The highest BCUT2D eigenvalue weighted by Crippen LogP contribution is 2.38. The molecule has 2 nitrogen and oxygen atoms in total. The van der Waals surface area contributed by atoms with Crippen LogP contribution in [0.4, 0.5) is 34.1 Å². The van der Waals surface area contributed by atoms with E-state index < -0.39 is 0 Å². The Morgan fingerprint density at radius 2 is 0.667 bits per heavy atom. The maximum Gasteiger partial charge on any atom is 0.0623 e. The van der Waals surface area contributed by atoms with Crippen LogP contribution >= 0.6 is 0 Å². The van der Waals surface area contributed by atoms with Gasteiger partial charge in [-0.15, -0.1) is 0 Å². The monoisotopic (exact) mass is 466 g/mol. The van der Waals surface area contributed by atoms with Gasteiger partial charge in [0.2, 0.25) is 0 Å². The van der Waals surface area contributed by atoms with E-state index in [1.807, 2.05) is 84.9 Å². The molecule has 0 saturated heterocycles. The van der Waals surface area contributed by atoms with Gasteiger partial charge in [-0.3, -0.25) is 0 Å². The van der Waals surface area contributed by atoms with E-state index in [2.05, 4.69) is 70.5 Å². The summed E-state index contributed by atoms with van der Waals surface area (Å²) in [6, 6.07) is 49.9. The molecule has 0 amide bonds. The van der Waals surface area contributed by atoms with Crippen molar-refractivity contribution in [3.63, 3.8) is 0 Å². The molecule has 0 aliphatic heterocycles. The van der Waals surface area contributed by atoms with E-state index in [4.69, 9.17) is 2.74 Å². The summed E-state index contributed by atoms with van der Waals surface area (Å²) in [5.41, 5.74) is 6.26. The quantitative estimate of drug-likeness (QED) is 0.241. The third-order valence-electron chi connectivity index (χ3n) is 6.27. The molecule has 6 rings (SSSR count). The lowest BCUT2D eigenvalue weighted by Gasteiger charge is -2.27. The van der Waals surface area contributed by atoms with Gasteiger partial charge in [0.25, 0.3) is 0 Å². The fraction of sp³-hybridized carbons (Fsp3) is 0. The zero-order valence-electron chi connectivity index (χ0n) is 21.8. The van der Waals surface area contributed by atoms with Crippen LogP contribution < -0.4 is 9.80 Å². The molecule has 0 heterocycles. The predicted octanol–water partition coefficient (Wildman–Crippen LogP) is 9.78. The van der Waals surface area contributed by atoms with E-state index >= 15 is 0 Å². The van der Waals surface area contributed by atoms with Crippen LogP contribution in [0.2, 0.25) is 0 Å². The summed E-state index contributed by atoms with van der Waals surface area (Å²) in [5, 5.41) is 2.28. The fourth-order valence-corrected chi connectivity index (χ4v) is 4.60. The Hall–Kier alpha value is -4.82. The van der Waals surface area contributed by atoms with Crippen molar-refractivity contribution in [3.8, 4) is 0 Å². The summed E-state index contributed by atoms with van der Waals surface area (Å²) in [4.78, 5) is 4.43. The number of para-hydroxylation sites is 4. The van der Waals surface area contributed by atoms with Crippen LogP contribution in [0, 0.1) is 0 Å². The van der Waals surface area contributed by atoms with Crippen LogP contribution in [0.1, 0.15) is 2.74 Å². The van der Waals surface area contributed by atoms with Crippen molar-refractivity contribution in [2.24, 2.45) is 0 Å². The molecular weight excluding hydrogens is 436 g/mol. The van der Waals surface area contributed by atoms with Crippen molar-refractivity contribution in [2.45, 2.75) is 0 Å². The molecule has 0 bridgehead atoms. The molecule has 0 radical (unpaired) electrons. The molecule has 0 fully saturated rings. The van der Waals surface area contributed by atoms with E-state index in [9.17, 15) is 0 Å². The lowest BCUT2D eigenvalue weighted by molar-refractivity contribution is 1.28. The molecule has 6 aromatic rings. The van der Waals surface area contributed by atoms with Crippen LogP contribution in [-0.4, -0.2) is 0 Å². The van der Waals surface area contributed by atoms with E-state index in [1.54, 1.807) is 0 Å².